The van der Waals surface area contributed by atoms with E-state index >= 15 is 0 Å². The van der Waals surface area contributed by atoms with Gasteiger partial charge in [0.25, 0.3) is 0 Å². The highest BCUT2D eigenvalue weighted by Crippen LogP contribution is 2.31. The van der Waals surface area contributed by atoms with Crippen molar-refractivity contribution in [3.63, 3.8) is 0 Å². The topological polar surface area (TPSA) is 41.1 Å². The largest absolute Gasteiger partial charge is 0.378 e. The summed E-state index contributed by atoms with van der Waals surface area (Å²) in [4.78, 5) is 13.1. The molecule has 0 spiro atoms. The maximum absolute atomic E-state index is 11.8. The van der Waals surface area contributed by atoms with E-state index < -0.39 is 0 Å². The molecule has 0 saturated heterocycles. The lowest BCUT2D eigenvalue weighted by Gasteiger charge is -2.15. The molecule has 110 valence electrons. The number of carbonyl (C=O) groups excluding carboxylic acids is 1. The Morgan fingerprint density at radius 2 is 2.10 bits per heavy atom. The molecule has 0 aliphatic heterocycles. The summed E-state index contributed by atoms with van der Waals surface area (Å²) in [5.41, 5.74) is 1.87. The van der Waals surface area contributed by atoms with Gasteiger partial charge in [0, 0.05) is 32.0 Å². The molecule has 1 atom stereocenters. The second-order valence-electron chi connectivity index (χ2n) is 5.38. The van der Waals surface area contributed by atoms with E-state index in [1.54, 1.807) is 11.3 Å². The van der Waals surface area contributed by atoms with Gasteiger partial charge in [0.1, 0.15) is 0 Å². The summed E-state index contributed by atoms with van der Waals surface area (Å²) in [6.07, 6.45) is 2.04. The van der Waals surface area contributed by atoms with Crippen LogP contribution >= 0.6 is 27.3 Å². The van der Waals surface area contributed by atoms with E-state index in [4.69, 9.17) is 0 Å². The third-order valence-electron chi connectivity index (χ3n) is 3.48. The number of halogens is 1. The number of rotatable bonds is 5. The van der Waals surface area contributed by atoms with Crippen LogP contribution in [0.4, 0.5) is 11.4 Å². The zero-order valence-corrected chi connectivity index (χ0v) is 14.1. The summed E-state index contributed by atoms with van der Waals surface area (Å²) in [7, 11) is 0. The van der Waals surface area contributed by atoms with Gasteiger partial charge >= 0.3 is 0 Å². The molecule has 1 aliphatic carbocycles. The average Bonchev–Trinajstić information content (AvgIpc) is 3.21. The number of benzene rings is 1. The normalized spacial score (nSPS) is 15.5. The number of carbonyl (C=O) groups is 1. The fraction of sp³-hybridized carbons (Fsp3) is 0.312. The van der Waals surface area contributed by atoms with Crippen molar-refractivity contribution in [3.05, 3.63) is 45.1 Å². The molecule has 5 heteroatoms. The molecule has 1 saturated carbocycles. The second-order valence-corrected chi connectivity index (χ2v) is 7.24. The maximum atomic E-state index is 11.8. The van der Waals surface area contributed by atoms with E-state index in [-0.39, 0.29) is 17.9 Å². The van der Waals surface area contributed by atoms with Crippen molar-refractivity contribution in [1.82, 2.24) is 0 Å². The Kier molecular flexibility index (Phi) is 4.31. The number of amides is 1. The predicted molar refractivity (Wildman–Crippen MR) is 91.9 cm³/mol. The highest BCUT2D eigenvalue weighted by atomic mass is 79.9. The molecular formula is C16H17BrN2OS. The molecule has 1 fully saturated rings. The first-order chi connectivity index (χ1) is 10.1. The smallest absolute Gasteiger partial charge is 0.227 e. The van der Waals surface area contributed by atoms with Crippen molar-refractivity contribution in [3.8, 4) is 0 Å². The lowest BCUT2D eigenvalue weighted by molar-refractivity contribution is -0.117. The Balaban J connectivity index is 1.66. The minimum absolute atomic E-state index is 0.141. The predicted octanol–water partition coefficient (Wildman–Crippen LogP) is 5.03. The summed E-state index contributed by atoms with van der Waals surface area (Å²) in [5.74, 6) is 0.367. The monoisotopic (exact) mass is 364 g/mol. The van der Waals surface area contributed by atoms with Crippen molar-refractivity contribution in [1.29, 1.82) is 0 Å². The molecule has 1 aliphatic rings. The minimum atomic E-state index is 0.141. The molecule has 21 heavy (non-hydrogen) atoms. The first-order valence-corrected chi connectivity index (χ1v) is 8.70. The summed E-state index contributed by atoms with van der Waals surface area (Å²) in [6.45, 7) is 2.13. The van der Waals surface area contributed by atoms with Gasteiger partial charge in [-0.3, -0.25) is 4.79 Å². The van der Waals surface area contributed by atoms with E-state index in [0.717, 1.165) is 28.7 Å². The van der Waals surface area contributed by atoms with Crippen molar-refractivity contribution in [2.75, 3.05) is 10.6 Å². The summed E-state index contributed by atoms with van der Waals surface area (Å²) < 4.78 is 1.11. The molecule has 1 unspecified atom stereocenters. The van der Waals surface area contributed by atoms with E-state index in [1.807, 2.05) is 24.3 Å². The molecule has 2 N–H and O–H groups in total. The number of hydrogen-bond acceptors (Lipinski definition) is 3. The zero-order valence-electron chi connectivity index (χ0n) is 11.7. The Morgan fingerprint density at radius 1 is 1.33 bits per heavy atom. The van der Waals surface area contributed by atoms with Crippen molar-refractivity contribution in [2.24, 2.45) is 5.92 Å². The number of thiophene rings is 1. The third kappa shape index (κ3) is 3.86. The third-order valence-corrected chi connectivity index (χ3v) is 5.35. The lowest BCUT2D eigenvalue weighted by Crippen LogP contribution is -2.13. The van der Waals surface area contributed by atoms with Gasteiger partial charge in [-0.1, -0.05) is 6.07 Å². The lowest BCUT2D eigenvalue weighted by atomic mass is 10.2. The molecule has 3 rings (SSSR count). The van der Waals surface area contributed by atoms with Crippen molar-refractivity contribution in [2.45, 2.75) is 25.8 Å². The van der Waals surface area contributed by atoms with Gasteiger partial charge in [-0.05, 0) is 60.0 Å². The Morgan fingerprint density at radius 3 is 2.76 bits per heavy atom. The molecule has 3 nitrogen and oxygen atoms in total. The standard InChI is InChI=1S/C16H17BrN2OS/c1-10(15-7-12(17)9-21-15)18-13-3-2-4-14(8-13)19-16(20)11-5-6-11/h2-4,7-11,18H,5-6H2,1H3,(H,19,20). The van der Waals surface area contributed by atoms with Crippen LogP contribution < -0.4 is 10.6 Å². The van der Waals surface area contributed by atoms with Crippen LogP contribution in [0.15, 0.2) is 40.2 Å². The van der Waals surface area contributed by atoms with E-state index in [2.05, 4.69) is 44.9 Å². The maximum Gasteiger partial charge on any atom is 0.227 e. The summed E-state index contributed by atoms with van der Waals surface area (Å²) in [6, 6.07) is 10.3. The van der Waals surface area contributed by atoms with Crippen LogP contribution in [0.25, 0.3) is 0 Å². The highest BCUT2D eigenvalue weighted by Gasteiger charge is 2.29. The summed E-state index contributed by atoms with van der Waals surface area (Å²) in [5, 5.41) is 8.53. The fourth-order valence-electron chi connectivity index (χ4n) is 2.15. The van der Waals surface area contributed by atoms with Gasteiger partial charge in [-0.25, -0.2) is 0 Å². The quantitative estimate of drug-likeness (QED) is 0.780. The molecule has 0 bridgehead atoms. The van der Waals surface area contributed by atoms with Gasteiger partial charge in [-0.15, -0.1) is 11.3 Å². The zero-order chi connectivity index (χ0) is 14.8. The average molecular weight is 365 g/mol. The van der Waals surface area contributed by atoms with Crippen LogP contribution in [-0.2, 0) is 4.79 Å². The van der Waals surface area contributed by atoms with Crippen molar-refractivity contribution >= 4 is 44.5 Å². The minimum Gasteiger partial charge on any atom is -0.378 e. The molecule has 1 aromatic heterocycles. The highest BCUT2D eigenvalue weighted by molar-refractivity contribution is 9.10. The van der Waals surface area contributed by atoms with Crippen LogP contribution in [0.3, 0.4) is 0 Å². The Bertz CT molecular complexity index is 651. The van der Waals surface area contributed by atoms with Gasteiger partial charge < -0.3 is 10.6 Å². The van der Waals surface area contributed by atoms with Crippen LogP contribution in [-0.4, -0.2) is 5.91 Å². The molecule has 2 aromatic rings. The van der Waals surface area contributed by atoms with Gasteiger partial charge in [-0.2, -0.15) is 0 Å². The SMILES string of the molecule is CC(Nc1cccc(NC(=O)C2CC2)c1)c1cc(Br)cs1. The van der Waals surface area contributed by atoms with Crippen LogP contribution in [0.5, 0.6) is 0 Å². The second kappa shape index (κ2) is 6.20. The van der Waals surface area contributed by atoms with Crippen molar-refractivity contribution < 1.29 is 4.79 Å². The fourth-order valence-corrected chi connectivity index (χ4v) is 3.61. The van der Waals surface area contributed by atoms with Gasteiger partial charge in [0.2, 0.25) is 5.91 Å². The number of hydrogen-bond donors (Lipinski definition) is 2. The molecule has 1 amide bonds. The number of anilines is 2. The molecular weight excluding hydrogens is 348 g/mol. The Labute approximate surface area is 136 Å². The summed E-state index contributed by atoms with van der Waals surface area (Å²) >= 11 is 5.20. The van der Waals surface area contributed by atoms with E-state index in [0.29, 0.717) is 0 Å². The van der Waals surface area contributed by atoms with E-state index in [1.165, 1.54) is 4.88 Å². The Hall–Kier alpha value is -1.33. The van der Waals surface area contributed by atoms with Gasteiger partial charge in [0.15, 0.2) is 0 Å². The molecule has 1 aromatic carbocycles. The number of nitrogens with one attached hydrogen (secondary N) is 2. The van der Waals surface area contributed by atoms with Crippen LogP contribution in [0.1, 0.15) is 30.7 Å². The molecule has 1 heterocycles. The van der Waals surface area contributed by atoms with Crippen LogP contribution in [0, 0.1) is 5.92 Å². The van der Waals surface area contributed by atoms with E-state index in [9.17, 15) is 4.79 Å². The van der Waals surface area contributed by atoms with Gasteiger partial charge in [0.05, 0.1) is 6.04 Å². The van der Waals surface area contributed by atoms with Crippen LogP contribution in [0.2, 0.25) is 0 Å². The molecule has 0 radical (unpaired) electrons. The first-order valence-electron chi connectivity index (χ1n) is 7.03. The first kappa shape index (κ1) is 14.6.